The molecule has 0 radical (unpaired) electrons. The summed E-state index contributed by atoms with van der Waals surface area (Å²) in [5, 5.41) is 13.9. The summed E-state index contributed by atoms with van der Waals surface area (Å²) in [5.41, 5.74) is 0.0364. The van der Waals surface area contributed by atoms with Crippen molar-refractivity contribution in [2.75, 3.05) is 32.1 Å². The van der Waals surface area contributed by atoms with Crippen LogP contribution in [0.2, 0.25) is 0 Å². The number of piperidine rings is 1. The molecule has 1 N–H and O–H groups in total. The number of aromatic nitrogens is 2. The smallest absolute Gasteiger partial charge is 0.224 e. The number of nitrogens with one attached hydrogen (secondary N) is 1. The van der Waals surface area contributed by atoms with Gasteiger partial charge in [0.1, 0.15) is 5.01 Å². The average Bonchev–Trinajstić information content (AvgIpc) is 2.94. The molecule has 6 nitrogen and oxygen atoms in total. The highest BCUT2D eigenvalue weighted by atomic mass is 32.1. The Balaban J connectivity index is 1.80. The second kappa shape index (κ2) is 7.37. The minimum absolute atomic E-state index is 0.0364. The van der Waals surface area contributed by atoms with E-state index in [-0.39, 0.29) is 11.3 Å². The Kier molecular flexibility index (Phi) is 5.74. The Bertz CT molecular complexity index is 490. The fourth-order valence-corrected chi connectivity index (χ4v) is 3.26. The molecule has 0 unspecified atom stereocenters. The molecule has 22 heavy (non-hydrogen) atoms. The molecule has 1 fully saturated rings. The van der Waals surface area contributed by atoms with Gasteiger partial charge >= 0.3 is 0 Å². The minimum atomic E-state index is 0.0364. The largest absolute Gasteiger partial charge is 0.384 e. The Labute approximate surface area is 136 Å². The molecule has 0 saturated carbocycles. The van der Waals surface area contributed by atoms with E-state index in [1.54, 1.807) is 18.4 Å². The highest BCUT2D eigenvalue weighted by molar-refractivity contribution is 7.15. The zero-order valence-electron chi connectivity index (χ0n) is 13.9. The summed E-state index contributed by atoms with van der Waals surface area (Å²) in [6.07, 6.45) is 2.37. The topological polar surface area (TPSA) is 67.3 Å². The molecular formula is C15H26N4O2S. The molecule has 1 amide bonds. The molecule has 0 spiro atoms. The predicted octanol–water partition coefficient (Wildman–Crippen LogP) is 2.28. The van der Waals surface area contributed by atoms with E-state index in [2.05, 4.69) is 36.3 Å². The SMILES string of the molecule is COCCC(=O)N1CCC(Nc2nnc(C(C)(C)C)s2)CC1. The van der Waals surface area contributed by atoms with Crippen LogP contribution in [0.4, 0.5) is 5.13 Å². The molecule has 0 aromatic carbocycles. The zero-order chi connectivity index (χ0) is 16.2. The summed E-state index contributed by atoms with van der Waals surface area (Å²) in [5.74, 6) is 0.186. The van der Waals surface area contributed by atoms with E-state index in [1.165, 1.54) is 0 Å². The lowest BCUT2D eigenvalue weighted by Gasteiger charge is -2.32. The molecule has 0 aliphatic carbocycles. The highest BCUT2D eigenvalue weighted by Gasteiger charge is 2.24. The van der Waals surface area contributed by atoms with Crippen LogP contribution >= 0.6 is 11.3 Å². The van der Waals surface area contributed by atoms with Crippen molar-refractivity contribution in [2.45, 2.75) is 51.5 Å². The first-order valence-electron chi connectivity index (χ1n) is 7.77. The summed E-state index contributed by atoms with van der Waals surface area (Å²) in [6, 6.07) is 0.368. The van der Waals surface area contributed by atoms with Crippen molar-refractivity contribution in [1.29, 1.82) is 0 Å². The fourth-order valence-electron chi connectivity index (χ4n) is 2.38. The number of amides is 1. The van der Waals surface area contributed by atoms with Gasteiger partial charge in [-0.05, 0) is 12.8 Å². The van der Waals surface area contributed by atoms with Gasteiger partial charge in [-0.2, -0.15) is 0 Å². The summed E-state index contributed by atoms with van der Waals surface area (Å²) in [4.78, 5) is 13.9. The van der Waals surface area contributed by atoms with E-state index in [4.69, 9.17) is 4.74 Å². The van der Waals surface area contributed by atoms with E-state index >= 15 is 0 Å². The van der Waals surface area contributed by atoms with Crippen molar-refractivity contribution in [1.82, 2.24) is 15.1 Å². The Morgan fingerprint density at radius 1 is 1.36 bits per heavy atom. The van der Waals surface area contributed by atoms with E-state index < -0.39 is 0 Å². The van der Waals surface area contributed by atoms with Crippen molar-refractivity contribution >= 4 is 22.4 Å². The van der Waals surface area contributed by atoms with Crippen molar-refractivity contribution in [2.24, 2.45) is 0 Å². The maximum atomic E-state index is 11.9. The predicted molar refractivity (Wildman–Crippen MR) is 88.3 cm³/mol. The number of nitrogens with zero attached hydrogens (tertiary/aromatic N) is 3. The number of likely N-dealkylation sites (tertiary alicyclic amines) is 1. The van der Waals surface area contributed by atoms with Gasteiger partial charge in [0, 0.05) is 31.7 Å². The number of carbonyl (C=O) groups is 1. The lowest BCUT2D eigenvalue weighted by atomic mass is 9.98. The van der Waals surface area contributed by atoms with Crippen LogP contribution in [0.15, 0.2) is 0 Å². The van der Waals surface area contributed by atoms with Crippen molar-refractivity contribution in [3.63, 3.8) is 0 Å². The molecule has 0 atom stereocenters. The molecule has 1 aromatic rings. The van der Waals surface area contributed by atoms with Gasteiger partial charge in [0.05, 0.1) is 13.0 Å². The van der Waals surface area contributed by atoms with Crippen LogP contribution in [0, 0.1) is 0 Å². The van der Waals surface area contributed by atoms with Crippen molar-refractivity contribution in [3.8, 4) is 0 Å². The summed E-state index contributed by atoms with van der Waals surface area (Å²) < 4.78 is 4.96. The summed E-state index contributed by atoms with van der Waals surface area (Å²) >= 11 is 1.62. The van der Waals surface area contributed by atoms with E-state index in [0.29, 0.717) is 19.1 Å². The molecular weight excluding hydrogens is 300 g/mol. The second-order valence-corrected chi connectivity index (χ2v) is 7.68. The third-order valence-electron chi connectivity index (χ3n) is 3.76. The van der Waals surface area contributed by atoms with Crippen LogP contribution in [0.25, 0.3) is 0 Å². The monoisotopic (exact) mass is 326 g/mol. The Morgan fingerprint density at radius 3 is 2.59 bits per heavy atom. The first kappa shape index (κ1) is 17.1. The first-order valence-corrected chi connectivity index (χ1v) is 8.59. The number of hydrogen-bond acceptors (Lipinski definition) is 6. The number of carbonyl (C=O) groups excluding carboxylic acids is 1. The number of anilines is 1. The molecule has 1 aliphatic heterocycles. The van der Waals surface area contributed by atoms with E-state index in [0.717, 1.165) is 36.1 Å². The van der Waals surface area contributed by atoms with Crippen LogP contribution in [0.5, 0.6) is 0 Å². The molecule has 2 heterocycles. The van der Waals surface area contributed by atoms with Crippen molar-refractivity contribution < 1.29 is 9.53 Å². The summed E-state index contributed by atoms with van der Waals surface area (Å²) in [6.45, 7) is 8.51. The van der Waals surface area contributed by atoms with Gasteiger partial charge < -0.3 is 15.0 Å². The van der Waals surface area contributed by atoms with Gasteiger partial charge in [0.25, 0.3) is 0 Å². The zero-order valence-corrected chi connectivity index (χ0v) is 14.7. The molecule has 7 heteroatoms. The molecule has 1 aliphatic rings. The fraction of sp³-hybridized carbons (Fsp3) is 0.800. The third kappa shape index (κ3) is 4.64. The van der Waals surface area contributed by atoms with E-state index in [9.17, 15) is 4.79 Å². The number of methoxy groups -OCH3 is 1. The number of rotatable bonds is 5. The molecule has 0 bridgehead atoms. The van der Waals surface area contributed by atoms with Gasteiger partial charge in [0.2, 0.25) is 11.0 Å². The first-order chi connectivity index (χ1) is 10.4. The number of hydrogen-bond donors (Lipinski definition) is 1. The quantitative estimate of drug-likeness (QED) is 0.899. The molecule has 1 aromatic heterocycles. The molecule has 2 rings (SSSR count). The van der Waals surface area contributed by atoms with Gasteiger partial charge in [-0.15, -0.1) is 10.2 Å². The van der Waals surface area contributed by atoms with Crippen LogP contribution in [0.1, 0.15) is 45.0 Å². The Morgan fingerprint density at radius 2 is 2.05 bits per heavy atom. The average molecular weight is 326 g/mol. The van der Waals surface area contributed by atoms with Gasteiger partial charge in [-0.25, -0.2) is 0 Å². The maximum absolute atomic E-state index is 11.9. The van der Waals surface area contributed by atoms with Gasteiger partial charge in [-0.1, -0.05) is 32.1 Å². The van der Waals surface area contributed by atoms with Gasteiger partial charge in [-0.3, -0.25) is 4.79 Å². The van der Waals surface area contributed by atoms with Crippen LogP contribution in [-0.2, 0) is 14.9 Å². The number of ether oxygens (including phenoxy) is 1. The van der Waals surface area contributed by atoms with Crippen LogP contribution < -0.4 is 5.32 Å². The molecule has 1 saturated heterocycles. The lowest BCUT2D eigenvalue weighted by molar-refractivity contribution is -0.133. The van der Waals surface area contributed by atoms with Gasteiger partial charge in [0.15, 0.2) is 0 Å². The van der Waals surface area contributed by atoms with Crippen molar-refractivity contribution in [3.05, 3.63) is 5.01 Å². The second-order valence-electron chi connectivity index (χ2n) is 6.70. The lowest BCUT2D eigenvalue weighted by Crippen LogP contribution is -2.42. The van der Waals surface area contributed by atoms with Crippen LogP contribution in [0.3, 0.4) is 0 Å². The third-order valence-corrected chi connectivity index (χ3v) is 5.04. The molecule has 124 valence electrons. The van der Waals surface area contributed by atoms with Crippen LogP contribution in [-0.4, -0.2) is 53.9 Å². The highest BCUT2D eigenvalue weighted by Crippen LogP contribution is 2.28. The standard InChI is InChI=1S/C15H26N4O2S/c1-15(2,3)13-17-18-14(22-13)16-11-5-8-19(9-6-11)12(20)7-10-21-4/h11H,5-10H2,1-4H3,(H,16,18). The maximum Gasteiger partial charge on any atom is 0.224 e. The minimum Gasteiger partial charge on any atom is -0.384 e. The van der Waals surface area contributed by atoms with E-state index in [1.807, 2.05) is 4.90 Å². The summed E-state index contributed by atoms with van der Waals surface area (Å²) in [7, 11) is 1.62. The Hall–Kier alpha value is -1.21. The normalized spacial score (nSPS) is 16.8.